The molecule has 1 aromatic carbocycles. The lowest BCUT2D eigenvalue weighted by Crippen LogP contribution is -1.97. The van der Waals surface area contributed by atoms with Crippen molar-refractivity contribution in [2.45, 2.75) is 0 Å². The zero-order valence-corrected chi connectivity index (χ0v) is 13.5. The van der Waals surface area contributed by atoms with Gasteiger partial charge in [0.15, 0.2) is 0 Å². The fourth-order valence-corrected chi connectivity index (χ4v) is 2.48. The summed E-state index contributed by atoms with van der Waals surface area (Å²) in [4.78, 5) is 7.92. The fourth-order valence-electron chi connectivity index (χ4n) is 1.15. The van der Waals surface area contributed by atoms with E-state index in [2.05, 4.69) is 53.8 Å². The number of hydrogen-bond donors (Lipinski definition) is 1. The van der Waals surface area contributed by atoms with Crippen molar-refractivity contribution >= 4 is 73.2 Å². The van der Waals surface area contributed by atoms with Crippen LogP contribution in [0, 0.1) is 3.57 Å². The molecule has 0 spiro atoms. The van der Waals surface area contributed by atoms with E-state index in [0.717, 1.165) is 13.7 Å². The average molecular weight is 445 g/mol. The minimum Gasteiger partial charge on any atom is -0.338 e. The summed E-state index contributed by atoms with van der Waals surface area (Å²) in [6, 6.07) is 5.69. The maximum absolute atomic E-state index is 6.11. The van der Waals surface area contributed by atoms with Crippen LogP contribution in [0.4, 0.5) is 11.5 Å². The lowest BCUT2D eigenvalue weighted by Gasteiger charge is -2.09. The second-order valence-electron chi connectivity index (χ2n) is 3.08. The summed E-state index contributed by atoms with van der Waals surface area (Å²) in [5.41, 5.74) is 0.766. The molecule has 17 heavy (non-hydrogen) atoms. The number of anilines is 2. The standard InChI is InChI=1S/C10H5BrCl2IN3/c11-6-4-15-10(13)17-9(6)16-8-2-1-5(14)3-7(8)12/h1-4H,(H,15,16,17). The van der Waals surface area contributed by atoms with Gasteiger partial charge in [-0.05, 0) is 68.3 Å². The van der Waals surface area contributed by atoms with Crippen LogP contribution < -0.4 is 5.32 Å². The molecule has 0 atom stereocenters. The van der Waals surface area contributed by atoms with Gasteiger partial charge in [0, 0.05) is 9.77 Å². The Morgan fingerprint density at radius 1 is 1.29 bits per heavy atom. The Labute approximate surface area is 130 Å². The molecule has 88 valence electrons. The molecule has 0 bridgehead atoms. The highest BCUT2D eigenvalue weighted by Gasteiger charge is 2.07. The van der Waals surface area contributed by atoms with Crippen LogP contribution in [0.2, 0.25) is 10.3 Å². The Morgan fingerprint density at radius 3 is 2.76 bits per heavy atom. The minimum absolute atomic E-state index is 0.178. The lowest BCUT2D eigenvalue weighted by atomic mass is 10.3. The Kier molecular flexibility index (Phi) is 4.46. The number of nitrogens with zero attached hydrogens (tertiary/aromatic N) is 2. The van der Waals surface area contributed by atoms with E-state index in [-0.39, 0.29) is 5.28 Å². The van der Waals surface area contributed by atoms with Gasteiger partial charge in [-0.1, -0.05) is 11.6 Å². The van der Waals surface area contributed by atoms with E-state index >= 15 is 0 Å². The van der Waals surface area contributed by atoms with E-state index in [1.807, 2.05) is 18.2 Å². The van der Waals surface area contributed by atoms with Crippen molar-refractivity contribution < 1.29 is 0 Å². The topological polar surface area (TPSA) is 37.8 Å². The molecule has 0 aliphatic heterocycles. The Bertz CT molecular complexity index is 565. The number of nitrogens with one attached hydrogen (secondary N) is 1. The van der Waals surface area contributed by atoms with Crippen molar-refractivity contribution in [1.82, 2.24) is 9.97 Å². The van der Waals surface area contributed by atoms with Gasteiger partial charge in [0.1, 0.15) is 5.82 Å². The summed E-state index contributed by atoms with van der Waals surface area (Å²) in [6.45, 7) is 0. The van der Waals surface area contributed by atoms with E-state index in [9.17, 15) is 0 Å². The van der Waals surface area contributed by atoms with E-state index in [4.69, 9.17) is 23.2 Å². The van der Waals surface area contributed by atoms with Crippen LogP contribution in [-0.4, -0.2) is 9.97 Å². The van der Waals surface area contributed by atoms with Crippen LogP contribution in [0.15, 0.2) is 28.9 Å². The van der Waals surface area contributed by atoms with Crippen molar-refractivity contribution in [3.63, 3.8) is 0 Å². The summed E-state index contributed by atoms with van der Waals surface area (Å²) in [7, 11) is 0. The summed E-state index contributed by atoms with van der Waals surface area (Å²) in [6.07, 6.45) is 1.58. The average Bonchev–Trinajstić information content (AvgIpc) is 2.27. The first-order valence-electron chi connectivity index (χ1n) is 4.46. The van der Waals surface area contributed by atoms with Gasteiger partial charge in [-0.3, -0.25) is 0 Å². The zero-order valence-electron chi connectivity index (χ0n) is 8.22. The number of hydrogen-bond acceptors (Lipinski definition) is 3. The second-order valence-corrected chi connectivity index (χ2v) is 5.93. The molecule has 1 heterocycles. The molecule has 0 saturated heterocycles. The number of benzene rings is 1. The van der Waals surface area contributed by atoms with Crippen molar-refractivity contribution in [2.24, 2.45) is 0 Å². The first kappa shape index (κ1) is 13.3. The predicted octanol–water partition coefficient (Wildman–Crippen LogP) is 4.89. The maximum Gasteiger partial charge on any atom is 0.224 e. The van der Waals surface area contributed by atoms with Crippen molar-refractivity contribution in [2.75, 3.05) is 5.32 Å². The van der Waals surface area contributed by atoms with Gasteiger partial charge in [0.25, 0.3) is 0 Å². The Balaban J connectivity index is 2.34. The highest BCUT2D eigenvalue weighted by Crippen LogP contribution is 2.29. The van der Waals surface area contributed by atoms with E-state index in [1.165, 1.54) is 0 Å². The third-order valence-electron chi connectivity index (χ3n) is 1.90. The van der Waals surface area contributed by atoms with Crippen LogP contribution in [0.25, 0.3) is 0 Å². The van der Waals surface area contributed by atoms with Gasteiger partial charge >= 0.3 is 0 Å². The van der Waals surface area contributed by atoms with Crippen molar-refractivity contribution in [3.05, 3.63) is 42.7 Å². The molecule has 0 unspecified atom stereocenters. The van der Waals surface area contributed by atoms with Crippen molar-refractivity contribution in [1.29, 1.82) is 0 Å². The van der Waals surface area contributed by atoms with Crippen LogP contribution in [0.3, 0.4) is 0 Å². The highest BCUT2D eigenvalue weighted by molar-refractivity contribution is 14.1. The monoisotopic (exact) mass is 443 g/mol. The molecule has 0 aliphatic rings. The number of aromatic nitrogens is 2. The van der Waals surface area contributed by atoms with Gasteiger partial charge in [-0.25, -0.2) is 4.98 Å². The molecule has 1 N–H and O–H groups in total. The third kappa shape index (κ3) is 3.43. The van der Waals surface area contributed by atoms with E-state index < -0.39 is 0 Å². The zero-order chi connectivity index (χ0) is 12.4. The molecule has 3 nitrogen and oxygen atoms in total. The van der Waals surface area contributed by atoms with Gasteiger partial charge in [-0.15, -0.1) is 0 Å². The first-order chi connectivity index (χ1) is 8.06. The minimum atomic E-state index is 0.178. The molecule has 2 aromatic rings. The number of rotatable bonds is 2. The highest BCUT2D eigenvalue weighted by atomic mass is 127. The second kappa shape index (κ2) is 5.69. The smallest absolute Gasteiger partial charge is 0.224 e. The Hall–Kier alpha value is -0.110. The van der Waals surface area contributed by atoms with Crippen LogP contribution in [0.5, 0.6) is 0 Å². The maximum atomic E-state index is 6.11. The summed E-state index contributed by atoms with van der Waals surface area (Å²) < 4.78 is 1.79. The summed E-state index contributed by atoms with van der Waals surface area (Å²) in [5.74, 6) is 0.577. The van der Waals surface area contributed by atoms with Crippen LogP contribution in [-0.2, 0) is 0 Å². The Morgan fingerprint density at radius 2 is 2.06 bits per heavy atom. The normalized spacial score (nSPS) is 10.4. The lowest BCUT2D eigenvalue weighted by molar-refractivity contribution is 1.15. The molecule has 2 rings (SSSR count). The van der Waals surface area contributed by atoms with Crippen LogP contribution in [0.1, 0.15) is 0 Å². The van der Waals surface area contributed by atoms with E-state index in [0.29, 0.717) is 10.8 Å². The molecule has 1 aromatic heterocycles. The molecule has 7 heteroatoms. The predicted molar refractivity (Wildman–Crippen MR) is 82.2 cm³/mol. The molecule has 0 aliphatic carbocycles. The van der Waals surface area contributed by atoms with Crippen LogP contribution >= 0.6 is 61.7 Å². The molecular formula is C10H5BrCl2IN3. The summed E-state index contributed by atoms with van der Waals surface area (Å²) >= 11 is 17.4. The molecule has 0 saturated carbocycles. The molecule has 0 amide bonds. The van der Waals surface area contributed by atoms with Gasteiger partial charge in [-0.2, -0.15) is 4.98 Å². The molecule has 0 radical (unpaired) electrons. The third-order valence-corrected chi connectivity index (χ3v) is 3.65. The largest absolute Gasteiger partial charge is 0.338 e. The van der Waals surface area contributed by atoms with E-state index in [1.54, 1.807) is 6.20 Å². The number of halogens is 4. The fraction of sp³-hybridized carbons (Fsp3) is 0. The SMILES string of the molecule is Clc1ncc(Br)c(Nc2ccc(I)cc2Cl)n1. The van der Waals surface area contributed by atoms with Gasteiger partial charge in [0.05, 0.1) is 15.2 Å². The quantitative estimate of drug-likeness (QED) is 0.529. The van der Waals surface area contributed by atoms with Gasteiger partial charge in [0.2, 0.25) is 5.28 Å². The van der Waals surface area contributed by atoms with Gasteiger partial charge < -0.3 is 5.32 Å². The molecule has 0 fully saturated rings. The van der Waals surface area contributed by atoms with Crippen molar-refractivity contribution in [3.8, 4) is 0 Å². The molecular weight excluding hydrogens is 440 g/mol. The summed E-state index contributed by atoms with van der Waals surface area (Å²) in [5, 5.41) is 3.89. The first-order valence-corrected chi connectivity index (χ1v) is 7.09.